The third-order valence-electron chi connectivity index (χ3n) is 19.0. The molecular formula is C76H106N20O18S3. The first-order valence-electron chi connectivity index (χ1n) is 38.2. The van der Waals surface area contributed by atoms with Gasteiger partial charge in [0, 0.05) is 105 Å². The number of rotatable bonds is 21. The number of H-pyrrole nitrogens is 1. The Morgan fingerprint density at radius 2 is 1.15 bits per heavy atom. The number of thioether (sulfide) groups is 3. The largest absolute Gasteiger partial charge is 0.508 e. The molecule has 4 heterocycles. The second-order valence-corrected chi connectivity index (χ2v) is 32.3. The summed E-state index contributed by atoms with van der Waals surface area (Å²) in [6.07, 6.45) is 0.605. The van der Waals surface area contributed by atoms with Crippen LogP contribution in [0.5, 0.6) is 5.75 Å². The normalized spacial score (nSPS) is 24.8. The van der Waals surface area contributed by atoms with E-state index in [4.69, 9.17) is 22.6 Å². The van der Waals surface area contributed by atoms with E-state index in [2.05, 4.69) is 79.1 Å². The SMILES string of the molecule is CC(=O)N[C@H]1CSCc2cc3cc(c2)CSC[C@H](NC(=O)[C@H](CCCCNC(=N)N)NC(=O)[C@H](Cc2ccc(O)cc2)NC(=O)[C@@H]2CCN2C(=O)[C@H](Cc2ccccc2)NC(=O)[C@H](CO)NC1=O)C(=O)N[C@@H](C)CN[C@@H](Cc1cnc[nH]1)C(=O)N[C@@H](CCC(N)=O)C(=O)N[C@@H](CC(=O)O)C(=O)N[C@@H](CC(C)C)C(=O)NC(C(N)=O)CSC3. The fourth-order valence-corrected chi connectivity index (χ4v) is 15.9. The number of primary amides is 2. The molecule has 1 saturated heterocycles. The van der Waals surface area contributed by atoms with Crippen LogP contribution in [-0.2, 0) is 108 Å². The van der Waals surface area contributed by atoms with Gasteiger partial charge in [-0.3, -0.25) is 77.3 Å². The molecule has 117 heavy (non-hydrogen) atoms. The Labute approximate surface area is 688 Å². The zero-order valence-electron chi connectivity index (χ0n) is 65.3. The van der Waals surface area contributed by atoms with Crippen LogP contribution in [0.2, 0.25) is 0 Å². The van der Waals surface area contributed by atoms with Gasteiger partial charge in [-0.05, 0) is 91.3 Å². The molecule has 24 N–H and O–H groups in total. The van der Waals surface area contributed by atoms with Gasteiger partial charge in [0.1, 0.15) is 72.2 Å². The smallest absolute Gasteiger partial charge is 0.305 e. The van der Waals surface area contributed by atoms with E-state index in [-0.39, 0.29) is 117 Å². The zero-order chi connectivity index (χ0) is 85.4. The van der Waals surface area contributed by atoms with Crippen molar-refractivity contribution in [3.63, 3.8) is 0 Å². The second-order valence-electron chi connectivity index (χ2n) is 29.2. The van der Waals surface area contributed by atoms with Crippen molar-refractivity contribution in [2.24, 2.45) is 23.1 Å². The van der Waals surface area contributed by atoms with E-state index in [1.807, 2.05) is 18.2 Å². The number of hydrogen-bond donors (Lipinski definition) is 21. The predicted molar refractivity (Wildman–Crippen MR) is 434 cm³/mol. The van der Waals surface area contributed by atoms with Crippen LogP contribution in [0.3, 0.4) is 0 Å². The van der Waals surface area contributed by atoms with Crippen molar-refractivity contribution in [2.75, 3.05) is 43.5 Å². The number of nitrogens with one attached hydrogen (secondary N) is 15. The molecule has 0 saturated carbocycles. The number of phenols is 1. The highest BCUT2D eigenvalue weighted by Crippen LogP contribution is 2.26. The standard InChI is InChI=1S/C76H106N20O18S3/c1-40(2)22-53-68(107)94-58(64(78)103)36-115-33-45-23-46-25-47(24-45)35-117-38-60(72(111)85-41(3)30-83-52(28-48-31-81-39-84-48)67(106)88-51(17-18-62(77)100)66(105)90-55(29-63(101)102)70(109)89-53)95-65(104)50(12-8-9-20-82-76(79)80)87-69(108)54(26-44-13-15-49(99)16-14-44)91-74(113)61-19-21-96(61)75(114)56(27-43-10-6-5-7-11-43)92-71(110)57(32-97)93-73(112)59(37-116-34-46)86-42(4)98/h5-7,10-11,13-16,23-25,31,39-41,50-61,83,97,99H,8-9,12,17-22,26-30,32-38H2,1-4H3,(H2,77,100)(H2,78,103)(H,81,84)(H,85,111)(H,86,98)(H,87,108)(H,88,106)(H,89,109)(H,90,105)(H,91,113)(H,92,110)(H,93,112)(H,94,107)(H,95,104)(H,101,102)(H4,79,80,82)/t41-,50-,51-,52-,53-,54-,55-,56-,57-,58?,59-,60-,61-/m0/s1. The molecule has 41 heteroatoms. The summed E-state index contributed by atoms with van der Waals surface area (Å²) in [5, 5.41) is 73.8. The number of carbonyl (C=O) groups is 15. The van der Waals surface area contributed by atoms with Crippen molar-refractivity contribution in [3.05, 3.63) is 119 Å². The van der Waals surface area contributed by atoms with Crippen LogP contribution >= 0.6 is 35.3 Å². The van der Waals surface area contributed by atoms with Crippen LogP contribution in [0.1, 0.15) is 113 Å². The lowest BCUT2D eigenvalue weighted by molar-refractivity contribution is -0.150. The number of nitrogens with zero attached hydrogens (tertiary/aromatic N) is 2. The van der Waals surface area contributed by atoms with Gasteiger partial charge in [0.2, 0.25) is 82.7 Å². The Morgan fingerprint density at radius 3 is 1.74 bits per heavy atom. The van der Waals surface area contributed by atoms with E-state index in [1.54, 1.807) is 51.1 Å². The van der Waals surface area contributed by atoms with E-state index >= 15 is 14.4 Å². The molecule has 0 spiro atoms. The number of unbranched alkanes of at least 4 members (excludes halogenated alkanes) is 1. The summed E-state index contributed by atoms with van der Waals surface area (Å²) < 4.78 is 0. The molecule has 1 fully saturated rings. The lowest BCUT2D eigenvalue weighted by Gasteiger charge is -2.42. The number of hydrogen-bond acceptors (Lipinski definition) is 23. The maximum atomic E-state index is 15.3. The molecule has 4 bridgehead atoms. The zero-order valence-corrected chi connectivity index (χ0v) is 67.8. The number of guanidine groups is 1. The molecule has 3 aliphatic heterocycles. The fourth-order valence-electron chi connectivity index (χ4n) is 12.9. The number of aromatic hydroxyl groups is 1. The first-order chi connectivity index (χ1) is 55.7. The van der Waals surface area contributed by atoms with E-state index < -0.39 is 193 Å². The van der Waals surface area contributed by atoms with Crippen LogP contribution in [0.15, 0.2) is 85.3 Å². The van der Waals surface area contributed by atoms with Crippen LogP contribution < -0.4 is 86.3 Å². The molecule has 0 radical (unpaired) electrons. The van der Waals surface area contributed by atoms with Crippen molar-refractivity contribution in [3.8, 4) is 5.75 Å². The molecule has 13 atom stereocenters. The molecule has 4 aromatic rings. The summed E-state index contributed by atoms with van der Waals surface area (Å²) >= 11 is 3.53. The number of aromatic amines is 1. The molecule has 3 aliphatic rings. The van der Waals surface area contributed by atoms with E-state index in [1.165, 1.54) is 72.1 Å². The van der Waals surface area contributed by atoms with Crippen molar-refractivity contribution >= 4 is 130 Å². The minimum absolute atomic E-state index is 0.00419. The van der Waals surface area contributed by atoms with Gasteiger partial charge in [-0.1, -0.05) is 74.5 Å². The van der Waals surface area contributed by atoms with Crippen molar-refractivity contribution in [2.45, 2.75) is 194 Å². The molecule has 3 aromatic carbocycles. The number of carbonyl (C=O) groups excluding carboxylic acids is 14. The lowest BCUT2D eigenvalue weighted by Crippen LogP contribution is -2.65. The summed E-state index contributed by atoms with van der Waals surface area (Å²) in [6.45, 7) is 5.19. The number of fused-ring (bicyclic) bond motifs is 6. The Morgan fingerprint density at radius 1 is 0.607 bits per heavy atom. The highest BCUT2D eigenvalue weighted by atomic mass is 32.2. The van der Waals surface area contributed by atoms with Crippen molar-refractivity contribution in [1.82, 2.24) is 84.0 Å². The van der Waals surface area contributed by atoms with E-state index in [0.717, 1.165) is 11.8 Å². The van der Waals surface area contributed by atoms with Gasteiger partial charge < -0.3 is 112 Å². The minimum Gasteiger partial charge on any atom is -0.508 e. The third kappa shape index (κ3) is 31.2. The molecule has 7 rings (SSSR count). The van der Waals surface area contributed by atoms with Crippen molar-refractivity contribution < 1.29 is 87.2 Å². The Balaban J connectivity index is 1.34. The Kier molecular flexibility index (Phi) is 37.1. The van der Waals surface area contributed by atoms with Gasteiger partial charge in [-0.15, -0.1) is 0 Å². The Hall–Kier alpha value is -11.0. The van der Waals surface area contributed by atoms with Crippen LogP contribution in [-0.4, -0.2) is 247 Å². The number of aliphatic hydroxyl groups is 1. The fraction of sp³-hybridized carbons (Fsp3) is 0.513. The summed E-state index contributed by atoms with van der Waals surface area (Å²) in [5.41, 5.74) is 20.4. The highest BCUT2D eigenvalue weighted by Gasteiger charge is 2.44. The number of carboxylic acid groups (broad SMARTS) is 1. The monoisotopic (exact) mass is 1680 g/mol. The molecule has 1 unspecified atom stereocenters. The maximum absolute atomic E-state index is 15.3. The number of aliphatic hydroxyl groups excluding tert-OH is 1. The summed E-state index contributed by atoms with van der Waals surface area (Å²) in [6, 6.07) is 0.957. The maximum Gasteiger partial charge on any atom is 0.305 e. The van der Waals surface area contributed by atoms with Crippen molar-refractivity contribution in [1.29, 1.82) is 5.41 Å². The van der Waals surface area contributed by atoms with Gasteiger partial charge in [0.15, 0.2) is 5.96 Å². The molecule has 636 valence electrons. The summed E-state index contributed by atoms with van der Waals surface area (Å²) in [7, 11) is 0. The lowest BCUT2D eigenvalue weighted by atomic mass is 9.96. The average Bonchev–Trinajstić information content (AvgIpc) is 0.822. The van der Waals surface area contributed by atoms with Gasteiger partial charge in [0.25, 0.3) is 0 Å². The molecular weight excluding hydrogens is 1580 g/mol. The number of aromatic nitrogens is 2. The second kappa shape index (κ2) is 46.6. The quantitative estimate of drug-likeness (QED) is 0.0218. The molecule has 1 aromatic heterocycles. The topological polar surface area (TPSA) is 607 Å². The minimum atomic E-state index is -1.91. The van der Waals surface area contributed by atoms with E-state index in [9.17, 15) is 72.9 Å². The number of aliphatic carboxylic acids is 1. The summed E-state index contributed by atoms with van der Waals surface area (Å²) in [4.78, 5) is 221. The van der Waals surface area contributed by atoms with Gasteiger partial charge >= 0.3 is 5.97 Å². The number of phenolic OH excluding ortho intramolecular Hbond substituents is 1. The highest BCUT2D eigenvalue weighted by molar-refractivity contribution is 7.99. The predicted octanol–water partition coefficient (Wildman–Crippen LogP) is -3.58. The number of benzene rings is 3. The number of imidazole rings is 1. The van der Waals surface area contributed by atoms with Crippen LogP contribution in [0.25, 0.3) is 0 Å². The first-order valence-corrected chi connectivity index (χ1v) is 41.7. The number of amides is 14. The van der Waals surface area contributed by atoms with E-state index in [0.29, 0.717) is 39.9 Å². The average molecular weight is 1680 g/mol. The van der Waals surface area contributed by atoms with Gasteiger partial charge in [-0.25, -0.2) is 4.98 Å². The van der Waals surface area contributed by atoms with Crippen LogP contribution in [0.4, 0.5) is 0 Å². The number of carboxylic acids is 1. The van der Waals surface area contributed by atoms with Gasteiger partial charge in [-0.2, -0.15) is 35.3 Å². The number of nitrogens with two attached hydrogens (primary N) is 3. The third-order valence-corrected chi connectivity index (χ3v) is 22.3. The first kappa shape index (κ1) is 93.1. The summed E-state index contributed by atoms with van der Waals surface area (Å²) in [5.74, 6) is -15.0. The Bertz CT molecular complexity index is 4150. The van der Waals surface area contributed by atoms with Crippen LogP contribution in [0, 0.1) is 11.3 Å². The van der Waals surface area contributed by atoms with Gasteiger partial charge in [0.05, 0.1) is 25.4 Å². The molecule has 0 aliphatic carbocycles. The molecule has 14 amide bonds. The molecule has 38 nitrogen and oxygen atoms in total.